The normalized spacial score (nSPS) is 25.8. The van der Waals surface area contributed by atoms with E-state index in [1.165, 1.54) is 13.2 Å². The van der Waals surface area contributed by atoms with E-state index < -0.39 is 18.2 Å². The number of benzene rings is 1. The highest BCUT2D eigenvalue weighted by Gasteiger charge is 2.37. The summed E-state index contributed by atoms with van der Waals surface area (Å²) in [5.41, 5.74) is 0.263. The van der Waals surface area contributed by atoms with Gasteiger partial charge in [-0.1, -0.05) is 0 Å². The standard InChI is InChI=1S/C18H19F3O5/c1-24-17(23)11-4-2-10(3-5-11)15-9-14(22)13-7-6-12(8-16(13)25-15)26-18(19,20)21/h6-8,10-11,15H,2-5,9H2,1H3. The molecule has 1 aromatic carbocycles. The van der Waals surface area contributed by atoms with Gasteiger partial charge < -0.3 is 14.2 Å². The smallest absolute Gasteiger partial charge is 0.489 e. The molecular formula is C18H19F3O5. The maximum absolute atomic E-state index is 12.4. The van der Waals surface area contributed by atoms with Crippen molar-refractivity contribution in [2.75, 3.05) is 7.11 Å². The van der Waals surface area contributed by atoms with Crippen LogP contribution in [0, 0.1) is 11.8 Å². The van der Waals surface area contributed by atoms with Crippen molar-refractivity contribution in [1.82, 2.24) is 0 Å². The summed E-state index contributed by atoms with van der Waals surface area (Å²) >= 11 is 0. The second-order valence-corrected chi connectivity index (χ2v) is 6.62. The lowest BCUT2D eigenvalue weighted by Crippen LogP contribution is -2.37. The molecule has 1 heterocycles. The van der Waals surface area contributed by atoms with Crippen molar-refractivity contribution in [3.8, 4) is 11.5 Å². The number of ether oxygens (including phenoxy) is 3. The van der Waals surface area contributed by atoms with Crippen LogP contribution < -0.4 is 9.47 Å². The van der Waals surface area contributed by atoms with Gasteiger partial charge in [0.15, 0.2) is 5.78 Å². The molecule has 1 atom stereocenters. The average Bonchev–Trinajstić information content (AvgIpc) is 2.59. The van der Waals surface area contributed by atoms with Gasteiger partial charge in [0.25, 0.3) is 0 Å². The average molecular weight is 372 g/mol. The van der Waals surface area contributed by atoms with Crippen LogP contribution in [0.5, 0.6) is 11.5 Å². The van der Waals surface area contributed by atoms with E-state index in [0.29, 0.717) is 25.7 Å². The first kappa shape index (κ1) is 18.5. The number of fused-ring (bicyclic) bond motifs is 1. The maximum Gasteiger partial charge on any atom is 0.573 e. The van der Waals surface area contributed by atoms with Crippen molar-refractivity contribution in [2.24, 2.45) is 11.8 Å². The Hall–Kier alpha value is -2.25. The summed E-state index contributed by atoms with van der Waals surface area (Å²) in [6, 6.07) is 3.51. The second-order valence-electron chi connectivity index (χ2n) is 6.62. The van der Waals surface area contributed by atoms with Gasteiger partial charge in [-0.15, -0.1) is 13.2 Å². The fraction of sp³-hybridized carbons (Fsp3) is 0.556. The van der Waals surface area contributed by atoms with Crippen molar-refractivity contribution in [3.05, 3.63) is 23.8 Å². The van der Waals surface area contributed by atoms with Crippen molar-refractivity contribution < 1.29 is 37.0 Å². The van der Waals surface area contributed by atoms with Crippen LogP contribution in [-0.2, 0) is 9.53 Å². The minimum atomic E-state index is -4.81. The molecule has 1 unspecified atom stereocenters. The van der Waals surface area contributed by atoms with E-state index in [1.54, 1.807) is 0 Å². The van der Waals surface area contributed by atoms with Crippen LogP contribution in [0.25, 0.3) is 0 Å². The molecule has 1 saturated carbocycles. The molecule has 0 aromatic heterocycles. The molecule has 0 radical (unpaired) electrons. The summed E-state index contributed by atoms with van der Waals surface area (Å²) in [7, 11) is 1.36. The van der Waals surface area contributed by atoms with E-state index in [1.807, 2.05) is 0 Å². The Morgan fingerprint density at radius 3 is 2.50 bits per heavy atom. The van der Waals surface area contributed by atoms with Gasteiger partial charge in [0, 0.05) is 12.5 Å². The quantitative estimate of drug-likeness (QED) is 0.753. The van der Waals surface area contributed by atoms with Gasteiger partial charge in [-0.25, -0.2) is 0 Å². The largest absolute Gasteiger partial charge is 0.573 e. The number of rotatable bonds is 3. The van der Waals surface area contributed by atoms with E-state index in [2.05, 4.69) is 4.74 Å². The van der Waals surface area contributed by atoms with Crippen molar-refractivity contribution in [1.29, 1.82) is 0 Å². The molecule has 8 heteroatoms. The van der Waals surface area contributed by atoms with Crippen LogP contribution in [0.4, 0.5) is 13.2 Å². The van der Waals surface area contributed by atoms with Crippen LogP contribution in [0.15, 0.2) is 18.2 Å². The number of alkyl halides is 3. The molecule has 1 aliphatic heterocycles. The summed E-state index contributed by atoms with van der Waals surface area (Å²) in [5, 5.41) is 0. The van der Waals surface area contributed by atoms with Gasteiger partial charge in [-0.3, -0.25) is 9.59 Å². The lowest BCUT2D eigenvalue weighted by Gasteiger charge is -2.35. The monoisotopic (exact) mass is 372 g/mol. The molecule has 1 fully saturated rings. The molecule has 0 spiro atoms. The Labute approximate surface area is 148 Å². The number of Topliss-reactive ketones (excluding diaryl/α,β-unsaturated/α-hetero) is 1. The molecule has 0 amide bonds. The molecule has 5 nitrogen and oxygen atoms in total. The zero-order valence-electron chi connectivity index (χ0n) is 14.2. The SMILES string of the molecule is COC(=O)C1CCC(C2CC(=O)c3ccc(OC(F)(F)F)cc3O2)CC1. The van der Waals surface area contributed by atoms with E-state index in [4.69, 9.17) is 9.47 Å². The van der Waals surface area contributed by atoms with E-state index >= 15 is 0 Å². The fourth-order valence-corrected chi connectivity index (χ4v) is 3.68. The Kier molecular flexibility index (Phi) is 5.11. The van der Waals surface area contributed by atoms with Gasteiger partial charge in [0.2, 0.25) is 0 Å². The number of hydrogen-bond donors (Lipinski definition) is 0. The maximum atomic E-state index is 12.4. The predicted molar refractivity (Wildman–Crippen MR) is 84.0 cm³/mol. The molecule has 0 saturated heterocycles. The number of methoxy groups -OCH3 is 1. The van der Waals surface area contributed by atoms with Crippen LogP contribution >= 0.6 is 0 Å². The zero-order valence-corrected chi connectivity index (χ0v) is 14.2. The first-order chi connectivity index (χ1) is 12.3. The number of halogens is 3. The highest BCUT2D eigenvalue weighted by Crippen LogP contribution is 2.39. The minimum Gasteiger partial charge on any atom is -0.489 e. The molecule has 26 heavy (non-hydrogen) atoms. The molecule has 2 aliphatic rings. The van der Waals surface area contributed by atoms with Crippen molar-refractivity contribution >= 4 is 11.8 Å². The number of carbonyl (C=O) groups excluding carboxylic acids is 2. The highest BCUT2D eigenvalue weighted by molar-refractivity contribution is 6.00. The van der Waals surface area contributed by atoms with Crippen LogP contribution in [0.3, 0.4) is 0 Å². The second kappa shape index (κ2) is 7.17. The molecule has 1 aliphatic carbocycles. The van der Waals surface area contributed by atoms with E-state index in [-0.39, 0.29) is 41.3 Å². The Morgan fingerprint density at radius 2 is 1.88 bits per heavy atom. The lowest BCUT2D eigenvalue weighted by molar-refractivity contribution is -0.274. The number of carbonyl (C=O) groups is 2. The topological polar surface area (TPSA) is 61.8 Å². The Balaban J connectivity index is 1.70. The lowest BCUT2D eigenvalue weighted by atomic mass is 9.77. The summed E-state index contributed by atoms with van der Waals surface area (Å²) in [4.78, 5) is 23.9. The first-order valence-electron chi connectivity index (χ1n) is 8.44. The summed E-state index contributed by atoms with van der Waals surface area (Å²) in [6.07, 6.45) is -2.34. The van der Waals surface area contributed by atoms with Crippen LogP contribution in [0.2, 0.25) is 0 Å². The number of esters is 1. The Bertz CT molecular complexity index is 693. The molecule has 0 bridgehead atoms. The van der Waals surface area contributed by atoms with Gasteiger partial charge in [0.05, 0.1) is 18.6 Å². The highest BCUT2D eigenvalue weighted by atomic mass is 19.4. The van der Waals surface area contributed by atoms with E-state index in [0.717, 1.165) is 12.1 Å². The van der Waals surface area contributed by atoms with Crippen molar-refractivity contribution in [2.45, 2.75) is 44.6 Å². The molecule has 1 aromatic rings. The number of hydrogen-bond acceptors (Lipinski definition) is 5. The van der Waals surface area contributed by atoms with Crippen molar-refractivity contribution in [3.63, 3.8) is 0 Å². The van der Waals surface area contributed by atoms with Gasteiger partial charge in [0.1, 0.15) is 17.6 Å². The van der Waals surface area contributed by atoms with Crippen LogP contribution in [-0.4, -0.2) is 31.3 Å². The third-order valence-corrected chi connectivity index (χ3v) is 4.98. The Morgan fingerprint density at radius 1 is 1.19 bits per heavy atom. The van der Waals surface area contributed by atoms with E-state index in [9.17, 15) is 22.8 Å². The molecule has 0 N–H and O–H groups in total. The third kappa shape index (κ3) is 4.11. The summed E-state index contributed by atoms with van der Waals surface area (Å²) in [6.45, 7) is 0. The molecular weight excluding hydrogens is 353 g/mol. The van der Waals surface area contributed by atoms with Gasteiger partial charge in [-0.2, -0.15) is 0 Å². The fourth-order valence-electron chi connectivity index (χ4n) is 3.68. The van der Waals surface area contributed by atoms with Crippen LogP contribution in [0.1, 0.15) is 42.5 Å². The summed E-state index contributed by atoms with van der Waals surface area (Å²) < 4.78 is 51.6. The number of ketones is 1. The predicted octanol–water partition coefficient (Wildman–Crippen LogP) is 3.90. The third-order valence-electron chi connectivity index (χ3n) is 4.98. The molecule has 142 valence electrons. The van der Waals surface area contributed by atoms with Gasteiger partial charge >= 0.3 is 12.3 Å². The van der Waals surface area contributed by atoms with Gasteiger partial charge in [-0.05, 0) is 43.7 Å². The first-order valence-corrected chi connectivity index (χ1v) is 8.44. The summed E-state index contributed by atoms with van der Waals surface area (Å²) in [5.74, 6) is -0.773. The molecule has 3 rings (SSSR count). The minimum absolute atomic E-state index is 0.0696. The zero-order chi connectivity index (χ0) is 18.9.